The fourth-order valence-corrected chi connectivity index (χ4v) is 1.35. The Balaban J connectivity index is 3.31. The Hall–Kier alpha value is 0.290. The maximum atomic E-state index is 12.7. The van der Waals surface area contributed by atoms with Gasteiger partial charge in [0.1, 0.15) is 0 Å². The first-order chi connectivity index (χ1) is 4.61. The number of pyridine rings is 1. The zero-order valence-electron chi connectivity index (χ0n) is 5.16. The lowest BCUT2D eigenvalue weighted by Gasteiger charge is -1.97. The standard InChI is InChI=1S/C6H4BrFIN/c1-3-2-4(7)5(9)6(8)10-3/h2H,1H3. The highest BCUT2D eigenvalue weighted by Gasteiger charge is 2.04. The summed E-state index contributed by atoms with van der Waals surface area (Å²) in [5.41, 5.74) is 0.685. The van der Waals surface area contributed by atoms with Crippen LogP contribution in [0.3, 0.4) is 0 Å². The highest BCUT2D eigenvalue weighted by molar-refractivity contribution is 14.1. The number of halogens is 3. The zero-order chi connectivity index (χ0) is 7.72. The summed E-state index contributed by atoms with van der Waals surface area (Å²) in [6, 6.07) is 1.78. The van der Waals surface area contributed by atoms with E-state index in [0.29, 0.717) is 9.26 Å². The summed E-state index contributed by atoms with van der Waals surface area (Å²) in [5.74, 6) is -0.410. The molecule has 1 rings (SSSR count). The first-order valence-electron chi connectivity index (χ1n) is 2.59. The second-order valence-corrected chi connectivity index (χ2v) is 3.78. The van der Waals surface area contributed by atoms with Crippen molar-refractivity contribution in [2.24, 2.45) is 0 Å². The van der Waals surface area contributed by atoms with Gasteiger partial charge in [0.15, 0.2) is 0 Å². The normalized spacial score (nSPS) is 10.0. The lowest BCUT2D eigenvalue weighted by Crippen LogP contribution is -1.91. The SMILES string of the molecule is Cc1cc(Br)c(I)c(F)n1. The molecule has 0 N–H and O–H groups in total. The van der Waals surface area contributed by atoms with Crippen LogP contribution in [0.5, 0.6) is 0 Å². The summed E-state index contributed by atoms with van der Waals surface area (Å²) in [6.45, 7) is 1.75. The van der Waals surface area contributed by atoms with Crippen LogP contribution in [-0.4, -0.2) is 4.98 Å². The molecule has 0 aromatic carbocycles. The number of rotatable bonds is 0. The topological polar surface area (TPSA) is 12.9 Å². The van der Waals surface area contributed by atoms with Gasteiger partial charge >= 0.3 is 0 Å². The molecule has 0 radical (unpaired) electrons. The molecule has 4 heteroatoms. The van der Waals surface area contributed by atoms with Crippen molar-refractivity contribution in [2.45, 2.75) is 6.92 Å². The van der Waals surface area contributed by atoms with E-state index >= 15 is 0 Å². The molecule has 0 bridgehead atoms. The van der Waals surface area contributed by atoms with Crippen molar-refractivity contribution in [2.75, 3.05) is 0 Å². The molecule has 1 heterocycles. The van der Waals surface area contributed by atoms with Crippen molar-refractivity contribution in [1.82, 2.24) is 4.98 Å². The lowest BCUT2D eigenvalue weighted by molar-refractivity contribution is 0.571. The summed E-state index contributed by atoms with van der Waals surface area (Å²) in [6.07, 6.45) is 0. The van der Waals surface area contributed by atoms with Crippen LogP contribution >= 0.6 is 38.5 Å². The van der Waals surface area contributed by atoms with Gasteiger partial charge in [-0.15, -0.1) is 0 Å². The van der Waals surface area contributed by atoms with Gasteiger partial charge in [0, 0.05) is 10.2 Å². The molecule has 0 aliphatic rings. The Morgan fingerprint density at radius 3 is 2.80 bits per heavy atom. The van der Waals surface area contributed by atoms with E-state index in [1.165, 1.54) is 0 Å². The van der Waals surface area contributed by atoms with Gasteiger partial charge in [-0.3, -0.25) is 0 Å². The van der Waals surface area contributed by atoms with Gasteiger partial charge < -0.3 is 0 Å². The Kier molecular flexibility index (Phi) is 2.62. The number of hydrogen-bond donors (Lipinski definition) is 0. The van der Waals surface area contributed by atoms with Gasteiger partial charge in [-0.1, -0.05) is 0 Å². The minimum atomic E-state index is -0.410. The molecule has 1 aromatic rings. The molecule has 0 saturated heterocycles. The van der Waals surface area contributed by atoms with Crippen LogP contribution in [0.25, 0.3) is 0 Å². The van der Waals surface area contributed by atoms with Crippen LogP contribution in [0, 0.1) is 16.4 Å². The first-order valence-corrected chi connectivity index (χ1v) is 4.46. The highest BCUT2D eigenvalue weighted by atomic mass is 127. The molecule has 0 saturated carbocycles. The molecular weight excluding hydrogens is 312 g/mol. The minimum absolute atomic E-state index is 0.410. The first kappa shape index (κ1) is 8.39. The predicted molar refractivity (Wildman–Crippen MR) is 49.3 cm³/mol. The molecule has 0 spiro atoms. The predicted octanol–water partition coefficient (Wildman–Crippen LogP) is 2.90. The van der Waals surface area contributed by atoms with Crippen LogP contribution < -0.4 is 0 Å². The van der Waals surface area contributed by atoms with Gasteiger partial charge in [0.05, 0.1) is 3.57 Å². The molecular formula is C6H4BrFIN. The fraction of sp³-hybridized carbons (Fsp3) is 0.167. The molecule has 1 nitrogen and oxygen atoms in total. The van der Waals surface area contributed by atoms with Crippen LogP contribution in [0.15, 0.2) is 10.5 Å². The number of aromatic nitrogens is 1. The van der Waals surface area contributed by atoms with E-state index in [9.17, 15) is 4.39 Å². The Morgan fingerprint density at radius 2 is 2.30 bits per heavy atom. The largest absolute Gasteiger partial charge is 0.227 e. The molecule has 54 valence electrons. The highest BCUT2D eigenvalue weighted by Crippen LogP contribution is 2.20. The summed E-state index contributed by atoms with van der Waals surface area (Å²) >= 11 is 5.11. The van der Waals surface area contributed by atoms with Crippen molar-refractivity contribution in [1.29, 1.82) is 0 Å². The average molecular weight is 316 g/mol. The van der Waals surface area contributed by atoms with Crippen molar-refractivity contribution < 1.29 is 4.39 Å². The van der Waals surface area contributed by atoms with Gasteiger partial charge in [0.2, 0.25) is 5.95 Å². The van der Waals surface area contributed by atoms with E-state index in [2.05, 4.69) is 20.9 Å². The molecule has 0 atom stereocenters. The molecule has 0 aliphatic heterocycles. The molecule has 0 fully saturated rings. The molecule has 1 aromatic heterocycles. The Bertz CT molecular complexity index is 241. The summed E-state index contributed by atoms with van der Waals surface area (Å²) < 4.78 is 14.0. The molecule has 0 unspecified atom stereocenters. The van der Waals surface area contributed by atoms with Crippen molar-refractivity contribution in [3.05, 3.63) is 25.8 Å². The van der Waals surface area contributed by atoms with Crippen molar-refractivity contribution >= 4 is 38.5 Å². The van der Waals surface area contributed by atoms with Gasteiger partial charge in [0.25, 0.3) is 0 Å². The third-order valence-electron chi connectivity index (χ3n) is 1.00. The summed E-state index contributed by atoms with van der Waals surface area (Å²) in [5, 5.41) is 0. The second kappa shape index (κ2) is 3.13. The monoisotopic (exact) mass is 315 g/mol. The maximum absolute atomic E-state index is 12.7. The van der Waals surface area contributed by atoms with Crippen LogP contribution in [-0.2, 0) is 0 Å². The maximum Gasteiger partial charge on any atom is 0.227 e. The summed E-state index contributed by atoms with van der Waals surface area (Å²) in [4.78, 5) is 3.63. The third kappa shape index (κ3) is 1.66. The van der Waals surface area contributed by atoms with Crippen molar-refractivity contribution in [3.8, 4) is 0 Å². The molecule has 0 aliphatic carbocycles. The molecule has 0 amide bonds. The summed E-state index contributed by atoms with van der Waals surface area (Å²) in [7, 11) is 0. The number of nitrogens with zero attached hydrogens (tertiary/aromatic N) is 1. The van der Waals surface area contributed by atoms with E-state index < -0.39 is 5.95 Å². The Morgan fingerprint density at radius 1 is 1.70 bits per heavy atom. The Labute approximate surface area is 80.3 Å². The molecule has 10 heavy (non-hydrogen) atoms. The van der Waals surface area contributed by atoms with Gasteiger partial charge in [-0.05, 0) is 51.5 Å². The van der Waals surface area contributed by atoms with E-state index in [-0.39, 0.29) is 0 Å². The average Bonchev–Trinajstić information content (AvgIpc) is 1.82. The number of aryl methyl sites for hydroxylation is 1. The van der Waals surface area contributed by atoms with E-state index in [0.717, 1.165) is 4.47 Å². The zero-order valence-corrected chi connectivity index (χ0v) is 8.90. The van der Waals surface area contributed by atoms with E-state index in [1.54, 1.807) is 13.0 Å². The third-order valence-corrected chi connectivity index (χ3v) is 3.39. The van der Waals surface area contributed by atoms with Crippen LogP contribution in [0.1, 0.15) is 5.69 Å². The van der Waals surface area contributed by atoms with Crippen LogP contribution in [0.4, 0.5) is 4.39 Å². The van der Waals surface area contributed by atoms with Gasteiger partial charge in [-0.2, -0.15) is 4.39 Å². The van der Waals surface area contributed by atoms with Crippen LogP contribution in [0.2, 0.25) is 0 Å². The van der Waals surface area contributed by atoms with Crippen molar-refractivity contribution in [3.63, 3.8) is 0 Å². The number of hydrogen-bond acceptors (Lipinski definition) is 1. The smallest absolute Gasteiger partial charge is 0.224 e. The second-order valence-electron chi connectivity index (χ2n) is 1.85. The quantitative estimate of drug-likeness (QED) is 0.530. The minimum Gasteiger partial charge on any atom is -0.224 e. The van der Waals surface area contributed by atoms with E-state index in [4.69, 9.17) is 0 Å². The lowest BCUT2D eigenvalue weighted by atomic mass is 10.4. The van der Waals surface area contributed by atoms with E-state index in [1.807, 2.05) is 22.6 Å². The fourth-order valence-electron chi connectivity index (χ4n) is 0.581. The van der Waals surface area contributed by atoms with Gasteiger partial charge in [-0.25, -0.2) is 4.98 Å².